The van der Waals surface area contributed by atoms with Crippen molar-refractivity contribution in [2.45, 2.75) is 25.7 Å². The second-order valence-corrected chi connectivity index (χ2v) is 5.53. The third-order valence-corrected chi connectivity index (χ3v) is 4.16. The zero-order valence-electron chi connectivity index (χ0n) is 11.9. The molecule has 2 aromatic heterocycles. The molecule has 0 saturated carbocycles. The largest absolute Gasteiger partial charge is 0.464 e. The number of fused-ring (bicyclic) bond motifs is 1. The molecule has 0 unspecified atom stereocenters. The Bertz CT molecular complexity index is 745. The van der Waals surface area contributed by atoms with Crippen LogP contribution in [0.1, 0.15) is 24.1 Å². The normalized spacial score (nSPS) is 13.9. The molecule has 0 fully saturated rings. The first-order chi connectivity index (χ1) is 10.4. The minimum absolute atomic E-state index is 0.952. The van der Waals surface area contributed by atoms with Crippen molar-refractivity contribution >= 4 is 0 Å². The van der Waals surface area contributed by atoms with Crippen LogP contribution < -0.4 is 0 Å². The molecule has 2 nitrogen and oxygen atoms in total. The highest BCUT2D eigenvalue weighted by Crippen LogP contribution is 2.34. The van der Waals surface area contributed by atoms with E-state index in [2.05, 4.69) is 30.3 Å². The Balaban J connectivity index is 1.92. The summed E-state index contributed by atoms with van der Waals surface area (Å²) in [6.45, 7) is 0. The molecule has 0 atom stereocenters. The first-order valence-electron chi connectivity index (χ1n) is 7.54. The summed E-state index contributed by atoms with van der Waals surface area (Å²) in [5, 5.41) is 0. The van der Waals surface area contributed by atoms with Gasteiger partial charge in [-0.15, -0.1) is 0 Å². The number of furan rings is 1. The van der Waals surface area contributed by atoms with Crippen molar-refractivity contribution in [3.05, 3.63) is 66.1 Å². The number of aromatic nitrogens is 1. The number of nitrogens with zero attached hydrogens (tertiary/aromatic N) is 1. The minimum atomic E-state index is 0.952. The lowest BCUT2D eigenvalue weighted by Crippen LogP contribution is -2.08. The van der Waals surface area contributed by atoms with Crippen LogP contribution in [0.4, 0.5) is 0 Å². The summed E-state index contributed by atoms with van der Waals surface area (Å²) in [5.74, 6) is 0.952. The van der Waals surface area contributed by atoms with E-state index in [1.165, 1.54) is 35.2 Å². The lowest BCUT2D eigenvalue weighted by molar-refractivity contribution is 0.579. The lowest BCUT2D eigenvalue weighted by Gasteiger charge is -2.19. The molecule has 0 radical (unpaired) electrons. The highest BCUT2D eigenvalue weighted by Gasteiger charge is 2.19. The predicted octanol–water partition coefficient (Wildman–Crippen LogP) is 4.89. The van der Waals surface area contributed by atoms with E-state index in [-0.39, 0.29) is 0 Å². The van der Waals surface area contributed by atoms with Crippen molar-refractivity contribution < 1.29 is 4.42 Å². The molecule has 2 heteroatoms. The van der Waals surface area contributed by atoms with Crippen LogP contribution in [0.15, 0.2) is 59.2 Å². The molecule has 1 aliphatic rings. The zero-order chi connectivity index (χ0) is 14.1. The van der Waals surface area contributed by atoms with Crippen LogP contribution >= 0.6 is 0 Å². The molecule has 1 aromatic carbocycles. The van der Waals surface area contributed by atoms with Crippen molar-refractivity contribution in [3.63, 3.8) is 0 Å². The molecule has 2 heterocycles. The molecule has 0 N–H and O–H groups in total. The van der Waals surface area contributed by atoms with Crippen LogP contribution in [-0.4, -0.2) is 4.98 Å². The molecule has 104 valence electrons. The van der Waals surface area contributed by atoms with E-state index in [0.29, 0.717) is 0 Å². The number of rotatable bonds is 2. The van der Waals surface area contributed by atoms with E-state index in [1.54, 1.807) is 6.26 Å². The van der Waals surface area contributed by atoms with Crippen molar-refractivity contribution in [2.24, 2.45) is 0 Å². The van der Waals surface area contributed by atoms with Crippen molar-refractivity contribution in [3.8, 4) is 22.6 Å². The standard InChI is InChI=1S/C19H17NO/c1-2-7-14(8-3-1)18-13-16(19-11-6-12-21-19)15-9-4-5-10-17(15)20-18/h1-3,6-8,11-13H,4-5,9-10H2. The third kappa shape index (κ3) is 2.27. The smallest absolute Gasteiger partial charge is 0.134 e. The first-order valence-corrected chi connectivity index (χ1v) is 7.54. The molecule has 0 saturated heterocycles. The van der Waals surface area contributed by atoms with E-state index >= 15 is 0 Å². The van der Waals surface area contributed by atoms with Crippen molar-refractivity contribution in [1.29, 1.82) is 0 Å². The van der Waals surface area contributed by atoms with Crippen LogP contribution in [0.3, 0.4) is 0 Å². The van der Waals surface area contributed by atoms with Crippen molar-refractivity contribution in [1.82, 2.24) is 4.98 Å². The van der Waals surface area contributed by atoms with Gasteiger partial charge in [-0.1, -0.05) is 30.3 Å². The van der Waals surface area contributed by atoms with Crippen LogP contribution in [0.5, 0.6) is 0 Å². The van der Waals surface area contributed by atoms with E-state index < -0.39 is 0 Å². The highest BCUT2D eigenvalue weighted by atomic mass is 16.3. The van der Waals surface area contributed by atoms with Gasteiger partial charge in [0.1, 0.15) is 5.76 Å². The maximum atomic E-state index is 5.65. The van der Waals surface area contributed by atoms with E-state index in [0.717, 1.165) is 24.3 Å². The molecule has 0 aliphatic heterocycles. The Hall–Kier alpha value is -2.35. The maximum Gasteiger partial charge on any atom is 0.134 e. The number of aryl methyl sites for hydroxylation is 1. The molecule has 1 aliphatic carbocycles. The van der Waals surface area contributed by atoms with E-state index in [4.69, 9.17) is 9.40 Å². The Morgan fingerprint density at radius 2 is 1.76 bits per heavy atom. The van der Waals surface area contributed by atoms with E-state index in [9.17, 15) is 0 Å². The van der Waals surface area contributed by atoms with Gasteiger partial charge in [0.25, 0.3) is 0 Å². The maximum absolute atomic E-state index is 5.65. The van der Waals surface area contributed by atoms with E-state index in [1.807, 2.05) is 18.2 Å². The van der Waals surface area contributed by atoms with Gasteiger partial charge in [0, 0.05) is 16.8 Å². The highest BCUT2D eigenvalue weighted by molar-refractivity contribution is 5.71. The number of pyridine rings is 1. The van der Waals surface area contributed by atoms with Gasteiger partial charge in [0.05, 0.1) is 12.0 Å². The Morgan fingerprint density at radius 1 is 0.905 bits per heavy atom. The Labute approximate surface area is 124 Å². The van der Waals surface area contributed by atoms with Crippen LogP contribution in [0.25, 0.3) is 22.6 Å². The average molecular weight is 275 g/mol. The third-order valence-electron chi connectivity index (χ3n) is 4.16. The fourth-order valence-corrected chi connectivity index (χ4v) is 3.11. The van der Waals surface area contributed by atoms with Gasteiger partial charge in [-0.3, -0.25) is 4.98 Å². The average Bonchev–Trinajstić information content (AvgIpc) is 3.09. The SMILES string of the molecule is c1ccc(-c2cc(-c3ccco3)c3c(n2)CCCC3)cc1. The molecule has 0 spiro atoms. The molecule has 3 aromatic rings. The van der Waals surface area contributed by atoms with Crippen LogP contribution in [0, 0.1) is 0 Å². The van der Waals surface area contributed by atoms with Crippen molar-refractivity contribution in [2.75, 3.05) is 0 Å². The van der Waals surface area contributed by atoms with Crippen LogP contribution in [-0.2, 0) is 12.8 Å². The summed E-state index contributed by atoms with van der Waals surface area (Å²) in [4.78, 5) is 4.91. The molecule has 0 amide bonds. The molecule has 0 bridgehead atoms. The first kappa shape index (κ1) is 12.4. The summed E-state index contributed by atoms with van der Waals surface area (Å²) in [6, 6.07) is 16.6. The second-order valence-electron chi connectivity index (χ2n) is 5.53. The second kappa shape index (κ2) is 5.21. The predicted molar refractivity (Wildman–Crippen MR) is 84.0 cm³/mol. The summed E-state index contributed by atoms with van der Waals surface area (Å²) in [5.41, 5.74) is 6.04. The van der Waals surface area contributed by atoms with Gasteiger partial charge in [0.15, 0.2) is 0 Å². The minimum Gasteiger partial charge on any atom is -0.464 e. The summed E-state index contributed by atoms with van der Waals surface area (Å²) in [6.07, 6.45) is 6.40. The Kier molecular flexibility index (Phi) is 3.07. The Morgan fingerprint density at radius 3 is 2.57 bits per heavy atom. The van der Waals surface area contributed by atoms with Gasteiger partial charge >= 0.3 is 0 Å². The molecular weight excluding hydrogens is 258 g/mol. The fourth-order valence-electron chi connectivity index (χ4n) is 3.11. The molecular formula is C19H17NO. The number of hydrogen-bond donors (Lipinski definition) is 0. The van der Waals surface area contributed by atoms with Gasteiger partial charge in [0.2, 0.25) is 0 Å². The topological polar surface area (TPSA) is 26.0 Å². The zero-order valence-corrected chi connectivity index (χ0v) is 11.9. The van der Waals surface area contributed by atoms with Gasteiger partial charge in [-0.05, 0) is 49.4 Å². The summed E-state index contributed by atoms with van der Waals surface area (Å²) in [7, 11) is 0. The summed E-state index contributed by atoms with van der Waals surface area (Å²) < 4.78 is 5.65. The summed E-state index contributed by atoms with van der Waals surface area (Å²) >= 11 is 0. The van der Waals surface area contributed by atoms with Gasteiger partial charge in [-0.25, -0.2) is 0 Å². The quantitative estimate of drug-likeness (QED) is 0.665. The number of benzene rings is 1. The molecule has 21 heavy (non-hydrogen) atoms. The monoisotopic (exact) mass is 275 g/mol. The lowest BCUT2D eigenvalue weighted by atomic mass is 9.90. The van der Waals surface area contributed by atoms with Gasteiger partial charge in [-0.2, -0.15) is 0 Å². The molecule has 4 rings (SSSR count). The fraction of sp³-hybridized carbons (Fsp3) is 0.211. The van der Waals surface area contributed by atoms with Crippen LogP contribution in [0.2, 0.25) is 0 Å². The van der Waals surface area contributed by atoms with Gasteiger partial charge < -0.3 is 4.42 Å². The number of hydrogen-bond acceptors (Lipinski definition) is 2.